The molecule has 1 aromatic heterocycles. The molecule has 0 bridgehead atoms. The predicted molar refractivity (Wildman–Crippen MR) is 238 cm³/mol. The molecule has 0 unspecified atom stereocenters. The fourth-order valence-electron chi connectivity index (χ4n) is 9.54. The van der Waals surface area contributed by atoms with Gasteiger partial charge in [-0.3, -0.25) is 0 Å². The molecule has 0 atom stereocenters. The number of hydrogen-bond acceptors (Lipinski definition) is 1. The number of para-hydroxylation sites is 3. The molecule has 0 amide bonds. The molecule has 0 N–H and O–H groups in total. The van der Waals surface area contributed by atoms with Crippen LogP contribution in [0.5, 0.6) is 0 Å². The van der Waals surface area contributed by atoms with Gasteiger partial charge in [-0.1, -0.05) is 182 Å². The summed E-state index contributed by atoms with van der Waals surface area (Å²) in [7, 11) is 0. The Morgan fingerprint density at radius 3 is 1.63 bits per heavy atom. The van der Waals surface area contributed by atoms with Crippen LogP contribution in [0.1, 0.15) is 22.3 Å². The van der Waals surface area contributed by atoms with Gasteiger partial charge >= 0.3 is 0 Å². The zero-order chi connectivity index (χ0) is 37.8. The third-order valence-corrected chi connectivity index (χ3v) is 11.8. The van der Waals surface area contributed by atoms with Crippen molar-refractivity contribution in [3.05, 3.63) is 253 Å². The van der Waals surface area contributed by atoms with Crippen LogP contribution in [0.3, 0.4) is 0 Å². The fraction of sp³-hybridized carbons (Fsp3) is 0.0182. The van der Waals surface area contributed by atoms with E-state index in [0.29, 0.717) is 0 Å². The van der Waals surface area contributed by atoms with Crippen molar-refractivity contribution < 1.29 is 0 Å². The van der Waals surface area contributed by atoms with Gasteiger partial charge in [0.1, 0.15) is 0 Å². The summed E-state index contributed by atoms with van der Waals surface area (Å²) in [5.74, 6) is 0. The maximum Gasteiger partial charge on any atom is 0.0714 e. The van der Waals surface area contributed by atoms with Crippen molar-refractivity contribution in [3.63, 3.8) is 0 Å². The Morgan fingerprint density at radius 1 is 0.386 bits per heavy atom. The van der Waals surface area contributed by atoms with Gasteiger partial charge in [0, 0.05) is 33.4 Å². The Kier molecular flexibility index (Phi) is 7.75. The molecule has 268 valence electrons. The molecule has 0 aliphatic heterocycles. The number of aromatic nitrogens is 1. The monoisotopic (exact) mass is 726 g/mol. The van der Waals surface area contributed by atoms with Crippen molar-refractivity contribution in [1.29, 1.82) is 0 Å². The molecular formula is C55H38N2. The van der Waals surface area contributed by atoms with Gasteiger partial charge in [-0.2, -0.15) is 0 Å². The normalized spacial score (nSPS) is 12.7. The first-order valence-electron chi connectivity index (χ1n) is 19.7. The second-order valence-corrected chi connectivity index (χ2v) is 14.8. The van der Waals surface area contributed by atoms with Crippen LogP contribution in [0.2, 0.25) is 0 Å². The number of nitrogens with zero attached hydrogens (tertiary/aromatic N) is 2. The van der Waals surface area contributed by atoms with E-state index in [1.807, 2.05) is 0 Å². The molecule has 1 aliphatic carbocycles. The van der Waals surface area contributed by atoms with Crippen LogP contribution in [-0.2, 0) is 5.41 Å². The molecule has 0 saturated carbocycles. The van der Waals surface area contributed by atoms with Gasteiger partial charge in [-0.25, -0.2) is 0 Å². The van der Waals surface area contributed by atoms with Crippen LogP contribution in [0, 0.1) is 0 Å². The average molecular weight is 727 g/mol. The van der Waals surface area contributed by atoms with E-state index in [2.05, 4.69) is 240 Å². The lowest BCUT2D eigenvalue weighted by atomic mass is 9.67. The average Bonchev–Trinajstić information content (AvgIpc) is 3.80. The van der Waals surface area contributed by atoms with Crippen LogP contribution < -0.4 is 4.90 Å². The summed E-state index contributed by atoms with van der Waals surface area (Å²) < 4.78 is 2.45. The van der Waals surface area contributed by atoms with Crippen LogP contribution in [-0.4, -0.2) is 4.57 Å². The van der Waals surface area contributed by atoms with Crippen LogP contribution in [0.25, 0.3) is 49.7 Å². The number of rotatable bonds is 7. The first-order chi connectivity index (χ1) is 28.3. The molecule has 1 aliphatic rings. The van der Waals surface area contributed by atoms with E-state index in [4.69, 9.17) is 0 Å². The molecule has 0 saturated heterocycles. The molecular weight excluding hydrogens is 689 g/mol. The third kappa shape index (κ3) is 5.04. The smallest absolute Gasteiger partial charge is 0.0714 e. The van der Waals surface area contributed by atoms with Crippen LogP contribution in [0.15, 0.2) is 231 Å². The van der Waals surface area contributed by atoms with Crippen molar-refractivity contribution in [1.82, 2.24) is 4.57 Å². The second kappa shape index (κ2) is 13.4. The summed E-state index contributed by atoms with van der Waals surface area (Å²) in [5.41, 5.74) is 16.3. The molecule has 0 radical (unpaired) electrons. The summed E-state index contributed by atoms with van der Waals surface area (Å²) in [6.45, 7) is 0. The minimum Gasteiger partial charge on any atom is -0.310 e. The second-order valence-electron chi connectivity index (χ2n) is 14.8. The summed E-state index contributed by atoms with van der Waals surface area (Å²) in [6.07, 6.45) is 0. The predicted octanol–water partition coefficient (Wildman–Crippen LogP) is 14.3. The van der Waals surface area contributed by atoms with Gasteiger partial charge in [0.25, 0.3) is 0 Å². The van der Waals surface area contributed by atoms with Gasteiger partial charge in [-0.05, 0) is 87.5 Å². The number of anilines is 3. The Labute approximate surface area is 333 Å². The molecule has 1 heterocycles. The SMILES string of the molecule is c1ccc(-c2ccc(N(c3ccccc3)c3ccc4c(c3)C(c3ccccc3)(c3ccccc3)c3ccccc3-4)c3c4ccccc4n(-c4ccccc4)c23)cc1. The molecule has 2 heteroatoms. The van der Waals surface area contributed by atoms with E-state index in [1.165, 1.54) is 66.3 Å². The largest absolute Gasteiger partial charge is 0.310 e. The zero-order valence-electron chi connectivity index (χ0n) is 31.3. The van der Waals surface area contributed by atoms with Crippen molar-refractivity contribution >= 4 is 38.9 Å². The van der Waals surface area contributed by atoms with Gasteiger partial charge in [0.15, 0.2) is 0 Å². The lowest BCUT2D eigenvalue weighted by Crippen LogP contribution is -2.28. The quantitative estimate of drug-likeness (QED) is 0.159. The summed E-state index contributed by atoms with van der Waals surface area (Å²) in [6, 6.07) is 84.2. The molecule has 9 aromatic carbocycles. The lowest BCUT2D eigenvalue weighted by Gasteiger charge is -2.35. The third-order valence-electron chi connectivity index (χ3n) is 11.8. The first kappa shape index (κ1) is 33.0. The van der Waals surface area contributed by atoms with E-state index in [0.717, 1.165) is 22.7 Å². The van der Waals surface area contributed by atoms with Crippen molar-refractivity contribution in [2.24, 2.45) is 0 Å². The summed E-state index contributed by atoms with van der Waals surface area (Å²) >= 11 is 0. The number of benzene rings is 9. The Bertz CT molecular complexity index is 3000. The highest BCUT2D eigenvalue weighted by Gasteiger charge is 2.46. The van der Waals surface area contributed by atoms with E-state index in [9.17, 15) is 0 Å². The molecule has 2 nitrogen and oxygen atoms in total. The highest BCUT2D eigenvalue weighted by Crippen LogP contribution is 2.57. The van der Waals surface area contributed by atoms with E-state index >= 15 is 0 Å². The topological polar surface area (TPSA) is 8.17 Å². The molecule has 57 heavy (non-hydrogen) atoms. The molecule has 0 spiro atoms. The van der Waals surface area contributed by atoms with Crippen LogP contribution in [0.4, 0.5) is 17.1 Å². The van der Waals surface area contributed by atoms with Gasteiger partial charge < -0.3 is 9.47 Å². The van der Waals surface area contributed by atoms with Gasteiger partial charge in [0.2, 0.25) is 0 Å². The first-order valence-corrected chi connectivity index (χ1v) is 19.7. The number of hydrogen-bond donors (Lipinski definition) is 0. The van der Waals surface area contributed by atoms with Gasteiger partial charge in [0.05, 0.1) is 22.1 Å². The Morgan fingerprint density at radius 2 is 0.930 bits per heavy atom. The van der Waals surface area contributed by atoms with Crippen molar-refractivity contribution in [2.75, 3.05) is 4.90 Å². The maximum atomic E-state index is 2.48. The molecule has 0 fully saturated rings. The van der Waals surface area contributed by atoms with Crippen LogP contribution >= 0.6 is 0 Å². The Hall–Kier alpha value is -7.42. The fourth-order valence-corrected chi connectivity index (χ4v) is 9.54. The Balaban J connectivity index is 1.25. The summed E-state index contributed by atoms with van der Waals surface area (Å²) in [5, 5.41) is 2.42. The zero-order valence-corrected chi connectivity index (χ0v) is 31.3. The number of fused-ring (bicyclic) bond motifs is 6. The standard InChI is InChI=1S/C55H38N2/c1-6-20-39(21-7-1)45-36-37-52(53-48-31-17-19-33-51(48)57(54(45)53)43-28-14-5-15-29-43)56(42-26-12-4-13-27-42)44-34-35-47-46-30-16-18-32-49(46)55(50(47)38-44,40-22-8-2-9-23-40)41-24-10-3-11-25-41/h1-38H. The van der Waals surface area contributed by atoms with E-state index < -0.39 is 5.41 Å². The molecule has 11 rings (SSSR count). The van der Waals surface area contributed by atoms with E-state index in [-0.39, 0.29) is 0 Å². The van der Waals surface area contributed by atoms with E-state index in [1.54, 1.807) is 0 Å². The lowest BCUT2D eigenvalue weighted by molar-refractivity contribution is 0.768. The highest BCUT2D eigenvalue weighted by molar-refractivity contribution is 6.20. The summed E-state index contributed by atoms with van der Waals surface area (Å²) in [4.78, 5) is 2.48. The minimum absolute atomic E-state index is 0.511. The maximum absolute atomic E-state index is 2.48. The highest BCUT2D eigenvalue weighted by atomic mass is 15.1. The minimum atomic E-state index is -0.511. The molecule has 10 aromatic rings. The van der Waals surface area contributed by atoms with Gasteiger partial charge in [-0.15, -0.1) is 0 Å². The van der Waals surface area contributed by atoms with Crippen molar-refractivity contribution in [3.8, 4) is 27.9 Å². The van der Waals surface area contributed by atoms with Crippen molar-refractivity contribution in [2.45, 2.75) is 5.41 Å².